The molecule has 0 heterocycles. The highest BCUT2D eigenvalue weighted by atomic mass is 32.2. The number of nitrogens with one attached hydrogen (secondary N) is 2. The van der Waals surface area contributed by atoms with Gasteiger partial charge in [-0.3, -0.25) is 0 Å². The van der Waals surface area contributed by atoms with Crippen LogP contribution >= 0.6 is 11.8 Å². The summed E-state index contributed by atoms with van der Waals surface area (Å²) in [6.07, 6.45) is 0. The highest BCUT2D eigenvalue weighted by molar-refractivity contribution is 7.99. The van der Waals surface area contributed by atoms with E-state index >= 15 is 0 Å². The number of thioether (sulfide) groups is 1. The van der Waals surface area contributed by atoms with Crippen molar-refractivity contribution in [1.82, 2.24) is 5.32 Å². The Balaban J connectivity index is 1.72. The van der Waals surface area contributed by atoms with Gasteiger partial charge in [0, 0.05) is 17.2 Å². The molecule has 0 atom stereocenters. The summed E-state index contributed by atoms with van der Waals surface area (Å²) < 4.78 is 13.6. The van der Waals surface area contributed by atoms with Gasteiger partial charge in [-0.2, -0.15) is 0 Å². The zero-order valence-corrected chi connectivity index (χ0v) is 12.5. The van der Waals surface area contributed by atoms with Crippen molar-refractivity contribution < 1.29 is 9.18 Å². The van der Waals surface area contributed by atoms with E-state index in [1.54, 1.807) is 30.8 Å². The Labute approximate surface area is 127 Å². The second-order valence-electron chi connectivity index (χ2n) is 4.53. The molecule has 3 nitrogen and oxygen atoms in total. The lowest BCUT2D eigenvalue weighted by atomic mass is 10.2. The number of urea groups is 1. The highest BCUT2D eigenvalue weighted by Gasteiger charge is 2.06. The number of benzene rings is 2. The lowest BCUT2D eigenvalue weighted by molar-refractivity contribution is 0.252. The number of halogens is 1. The van der Waals surface area contributed by atoms with E-state index in [1.807, 2.05) is 30.3 Å². The summed E-state index contributed by atoms with van der Waals surface area (Å²) in [5, 5.41) is 5.21. The average Bonchev–Trinajstić information content (AvgIpc) is 2.48. The van der Waals surface area contributed by atoms with Gasteiger partial charge in [0.15, 0.2) is 0 Å². The average molecular weight is 304 g/mol. The van der Waals surface area contributed by atoms with Gasteiger partial charge < -0.3 is 10.6 Å². The fraction of sp³-hybridized carbons (Fsp3) is 0.188. The van der Waals surface area contributed by atoms with Crippen molar-refractivity contribution in [1.29, 1.82) is 0 Å². The minimum atomic E-state index is -0.427. The van der Waals surface area contributed by atoms with Crippen LogP contribution in [0.4, 0.5) is 14.9 Å². The van der Waals surface area contributed by atoms with Crippen molar-refractivity contribution in [2.24, 2.45) is 0 Å². The number of carbonyl (C=O) groups is 1. The van der Waals surface area contributed by atoms with Crippen molar-refractivity contribution >= 4 is 23.5 Å². The second-order valence-corrected chi connectivity index (χ2v) is 5.69. The first-order chi connectivity index (χ1) is 10.1. The lowest BCUT2D eigenvalue weighted by Gasteiger charge is -2.08. The Kier molecular flexibility index (Phi) is 5.63. The third-order valence-electron chi connectivity index (χ3n) is 2.77. The van der Waals surface area contributed by atoms with Crippen molar-refractivity contribution in [2.45, 2.75) is 11.8 Å². The smallest absolute Gasteiger partial charge is 0.319 e. The highest BCUT2D eigenvalue weighted by Crippen LogP contribution is 2.16. The Morgan fingerprint density at radius 1 is 1.19 bits per heavy atom. The van der Waals surface area contributed by atoms with Gasteiger partial charge in [-0.25, -0.2) is 9.18 Å². The van der Waals surface area contributed by atoms with Crippen LogP contribution in [0.1, 0.15) is 5.56 Å². The van der Waals surface area contributed by atoms with Gasteiger partial charge in [0.05, 0.1) is 5.69 Å². The number of hydrogen-bond donors (Lipinski definition) is 2. The van der Waals surface area contributed by atoms with E-state index < -0.39 is 11.8 Å². The molecule has 0 aliphatic rings. The fourth-order valence-electron chi connectivity index (χ4n) is 1.74. The molecular weight excluding hydrogens is 287 g/mol. The maximum Gasteiger partial charge on any atom is 0.319 e. The van der Waals surface area contributed by atoms with Crippen molar-refractivity contribution in [3.63, 3.8) is 0 Å². The van der Waals surface area contributed by atoms with Gasteiger partial charge in [-0.15, -0.1) is 11.8 Å². The summed E-state index contributed by atoms with van der Waals surface area (Å²) in [4.78, 5) is 12.8. The first-order valence-electron chi connectivity index (χ1n) is 6.64. The first-order valence-corrected chi connectivity index (χ1v) is 7.62. The number of rotatable bonds is 5. The number of carbonyl (C=O) groups excluding carboxylic acids is 1. The molecule has 2 aromatic rings. The molecule has 0 aliphatic carbocycles. The van der Waals surface area contributed by atoms with E-state index in [4.69, 9.17) is 0 Å². The van der Waals surface area contributed by atoms with E-state index in [0.29, 0.717) is 6.54 Å². The monoisotopic (exact) mass is 304 g/mol. The molecule has 0 saturated heterocycles. The predicted octanol–water partition coefficient (Wildman–Crippen LogP) is 4.05. The quantitative estimate of drug-likeness (QED) is 0.646. The fourth-order valence-corrected chi connectivity index (χ4v) is 2.53. The Bertz CT molecular complexity index is 604. The van der Waals surface area contributed by atoms with Gasteiger partial charge in [0.1, 0.15) is 5.82 Å². The second kappa shape index (κ2) is 7.69. The zero-order chi connectivity index (χ0) is 15.1. The minimum Gasteiger partial charge on any atom is -0.337 e. The molecule has 0 saturated carbocycles. The Hall–Kier alpha value is -2.01. The van der Waals surface area contributed by atoms with E-state index in [2.05, 4.69) is 10.6 Å². The largest absolute Gasteiger partial charge is 0.337 e. The number of aryl methyl sites for hydroxylation is 1. The van der Waals surface area contributed by atoms with Crippen LogP contribution in [0.15, 0.2) is 53.4 Å². The molecule has 0 aromatic heterocycles. The molecule has 110 valence electrons. The molecule has 5 heteroatoms. The lowest BCUT2D eigenvalue weighted by Crippen LogP contribution is -2.30. The molecule has 0 unspecified atom stereocenters. The zero-order valence-electron chi connectivity index (χ0n) is 11.7. The van der Waals surface area contributed by atoms with Gasteiger partial charge in [-0.1, -0.05) is 24.3 Å². The molecule has 0 bridgehead atoms. The van der Waals surface area contributed by atoms with Crippen molar-refractivity contribution in [3.05, 3.63) is 59.9 Å². The molecule has 21 heavy (non-hydrogen) atoms. The molecule has 0 fully saturated rings. The van der Waals surface area contributed by atoms with Crippen LogP contribution in [0, 0.1) is 12.7 Å². The molecule has 2 amide bonds. The van der Waals surface area contributed by atoms with Crippen LogP contribution in [-0.4, -0.2) is 18.3 Å². The third kappa shape index (κ3) is 5.11. The summed E-state index contributed by atoms with van der Waals surface area (Å²) in [7, 11) is 0. The van der Waals surface area contributed by atoms with E-state index in [0.717, 1.165) is 16.2 Å². The SMILES string of the molecule is Cc1ccc(NC(=O)NCCSc2ccccc2)c(F)c1. The molecule has 0 aliphatic heterocycles. The summed E-state index contributed by atoms with van der Waals surface area (Å²) in [6.45, 7) is 2.31. The minimum absolute atomic E-state index is 0.189. The first kappa shape index (κ1) is 15.4. The van der Waals surface area contributed by atoms with Crippen molar-refractivity contribution in [2.75, 3.05) is 17.6 Å². The van der Waals surface area contributed by atoms with E-state index in [9.17, 15) is 9.18 Å². The Morgan fingerprint density at radius 2 is 1.95 bits per heavy atom. The third-order valence-corrected chi connectivity index (χ3v) is 3.79. The van der Waals surface area contributed by atoms with Crippen LogP contribution < -0.4 is 10.6 Å². The normalized spacial score (nSPS) is 10.2. The Morgan fingerprint density at radius 3 is 2.67 bits per heavy atom. The van der Waals surface area contributed by atoms with Crippen LogP contribution in [0.5, 0.6) is 0 Å². The van der Waals surface area contributed by atoms with Crippen LogP contribution in [0.3, 0.4) is 0 Å². The van der Waals surface area contributed by atoms with Crippen LogP contribution in [-0.2, 0) is 0 Å². The summed E-state index contributed by atoms with van der Waals surface area (Å²) >= 11 is 1.66. The molecule has 2 rings (SSSR count). The molecule has 0 spiro atoms. The number of amides is 2. The van der Waals surface area contributed by atoms with Gasteiger partial charge in [0.2, 0.25) is 0 Å². The van der Waals surface area contributed by atoms with Gasteiger partial charge >= 0.3 is 6.03 Å². The maximum atomic E-state index is 13.6. The summed E-state index contributed by atoms with van der Waals surface area (Å²) in [6, 6.07) is 14.3. The number of hydrogen-bond acceptors (Lipinski definition) is 2. The topological polar surface area (TPSA) is 41.1 Å². The van der Waals surface area contributed by atoms with E-state index in [1.165, 1.54) is 6.07 Å². The standard InChI is InChI=1S/C16H17FN2OS/c1-12-7-8-15(14(17)11-12)19-16(20)18-9-10-21-13-5-3-2-4-6-13/h2-8,11H,9-10H2,1H3,(H2,18,19,20). The van der Waals surface area contributed by atoms with Crippen molar-refractivity contribution in [3.8, 4) is 0 Å². The van der Waals surface area contributed by atoms with Crippen LogP contribution in [0.25, 0.3) is 0 Å². The van der Waals surface area contributed by atoms with E-state index in [-0.39, 0.29) is 5.69 Å². The summed E-state index contributed by atoms with van der Waals surface area (Å²) in [5.74, 6) is 0.331. The molecule has 0 radical (unpaired) electrons. The molecule has 2 aromatic carbocycles. The predicted molar refractivity (Wildman–Crippen MR) is 85.3 cm³/mol. The molecular formula is C16H17FN2OS. The van der Waals surface area contributed by atoms with Gasteiger partial charge in [-0.05, 0) is 36.8 Å². The van der Waals surface area contributed by atoms with Crippen LogP contribution in [0.2, 0.25) is 0 Å². The number of anilines is 1. The van der Waals surface area contributed by atoms with Gasteiger partial charge in [0.25, 0.3) is 0 Å². The maximum absolute atomic E-state index is 13.6. The molecule has 2 N–H and O–H groups in total. The summed E-state index contributed by atoms with van der Waals surface area (Å²) in [5.41, 5.74) is 1.01.